The number of benzene rings is 1. The molecule has 0 saturated carbocycles. The van der Waals surface area contributed by atoms with E-state index in [0.29, 0.717) is 3.57 Å². The van der Waals surface area contributed by atoms with Gasteiger partial charge in [-0.3, -0.25) is 0 Å². The molecule has 0 fully saturated rings. The summed E-state index contributed by atoms with van der Waals surface area (Å²) in [5, 5.41) is 18.0. The summed E-state index contributed by atoms with van der Waals surface area (Å²) in [5.41, 5.74) is -0.0561. The summed E-state index contributed by atoms with van der Waals surface area (Å²) in [6.45, 7) is 3.05. The molecule has 0 heterocycles. The van der Waals surface area contributed by atoms with Gasteiger partial charge in [0.05, 0.1) is 17.1 Å². The third kappa shape index (κ3) is 3.68. The third-order valence-corrected chi connectivity index (χ3v) is 5.68. The van der Waals surface area contributed by atoms with Gasteiger partial charge in [0.15, 0.2) is 0 Å². The minimum Gasteiger partial charge on any atom is -0.478 e. The number of hydrogen-bond acceptors (Lipinski definition) is 4. The lowest BCUT2D eigenvalue weighted by Crippen LogP contribution is -2.39. The van der Waals surface area contributed by atoms with Gasteiger partial charge in [-0.15, -0.1) is 0 Å². The van der Waals surface area contributed by atoms with Crippen LogP contribution in [0.5, 0.6) is 0 Å². The molecule has 0 saturated heterocycles. The molecule has 0 atom stereocenters. The summed E-state index contributed by atoms with van der Waals surface area (Å²) >= 11 is 1.84. The Labute approximate surface area is 131 Å². The van der Waals surface area contributed by atoms with Crippen LogP contribution in [0, 0.1) is 3.57 Å². The van der Waals surface area contributed by atoms with Gasteiger partial charge in [0.1, 0.15) is 0 Å². The number of aromatic carboxylic acids is 1. The molecule has 112 valence electrons. The number of carbonyl (C=O) groups is 1. The van der Waals surface area contributed by atoms with Crippen LogP contribution in [-0.2, 0) is 10.0 Å². The molecular formula is C12H16INO5S. The van der Waals surface area contributed by atoms with Crippen LogP contribution >= 0.6 is 22.6 Å². The van der Waals surface area contributed by atoms with Crippen molar-refractivity contribution >= 4 is 38.6 Å². The zero-order valence-electron chi connectivity index (χ0n) is 11.1. The second kappa shape index (κ2) is 6.83. The van der Waals surface area contributed by atoms with E-state index in [-0.39, 0.29) is 29.7 Å². The number of halogens is 1. The lowest BCUT2D eigenvalue weighted by atomic mass is 10.2. The molecule has 0 aliphatic rings. The minimum absolute atomic E-state index is 0.0333. The monoisotopic (exact) mass is 413 g/mol. The Morgan fingerprint density at radius 1 is 1.40 bits per heavy atom. The highest BCUT2D eigenvalue weighted by atomic mass is 127. The van der Waals surface area contributed by atoms with E-state index in [2.05, 4.69) is 0 Å². The lowest BCUT2D eigenvalue weighted by molar-refractivity contribution is 0.0695. The highest BCUT2D eigenvalue weighted by Gasteiger charge is 2.27. The quantitative estimate of drug-likeness (QED) is 0.688. The number of carboxylic acid groups (broad SMARTS) is 1. The maximum absolute atomic E-state index is 12.5. The summed E-state index contributed by atoms with van der Waals surface area (Å²) < 4.78 is 26.5. The first-order valence-corrected chi connectivity index (χ1v) is 8.39. The first-order valence-electron chi connectivity index (χ1n) is 5.87. The third-order valence-electron chi connectivity index (χ3n) is 2.67. The predicted molar refractivity (Wildman–Crippen MR) is 82.2 cm³/mol. The fraction of sp³-hybridized carbons (Fsp3) is 0.417. The molecular weight excluding hydrogens is 397 g/mol. The highest BCUT2D eigenvalue weighted by Crippen LogP contribution is 2.22. The van der Waals surface area contributed by atoms with E-state index in [1.807, 2.05) is 22.6 Å². The topological polar surface area (TPSA) is 94.9 Å². The molecule has 0 unspecified atom stereocenters. The summed E-state index contributed by atoms with van der Waals surface area (Å²) in [6.07, 6.45) is 0. The van der Waals surface area contributed by atoms with Gasteiger partial charge in [0.25, 0.3) is 0 Å². The average Bonchev–Trinajstić information content (AvgIpc) is 2.35. The Balaban J connectivity index is 3.34. The van der Waals surface area contributed by atoms with Gasteiger partial charge in [0.2, 0.25) is 10.0 Å². The molecule has 0 aliphatic heterocycles. The zero-order chi connectivity index (χ0) is 15.5. The number of aliphatic hydroxyl groups excluding tert-OH is 1. The van der Waals surface area contributed by atoms with Crippen LogP contribution in [0.15, 0.2) is 23.1 Å². The van der Waals surface area contributed by atoms with Crippen molar-refractivity contribution in [1.29, 1.82) is 0 Å². The van der Waals surface area contributed by atoms with Crippen molar-refractivity contribution in [3.05, 3.63) is 27.3 Å². The number of aliphatic hydroxyl groups is 1. The maximum Gasteiger partial charge on any atom is 0.336 e. The molecule has 0 spiro atoms. The molecule has 20 heavy (non-hydrogen) atoms. The number of nitrogens with zero attached hydrogens (tertiary/aromatic N) is 1. The first-order chi connectivity index (χ1) is 9.21. The van der Waals surface area contributed by atoms with Gasteiger partial charge in [-0.2, -0.15) is 4.31 Å². The van der Waals surface area contributed by atoms with Gasteiger partial charge >= 0.3 is 5.97 Å². The number of hydrogen-bond donors (Lipinski definition) is 2. The van der Waals surface area contributed by atoms with Crippen molar-refractivity contribution in [2.45, 2.75) is 24.8 Å². The van der Waals surface area contributed by atoms with E-state index >= 15 is 0 Å². The molecule has 0 radical (unpaired) electrons. The molecule has 1 rings (SSSR count). The van der Waals surface area contributed by atoms with Gasteiger partial charge in [0, 0.05) is 16.2 Å². The van der Waals surface area contributed by atoms with E-state index in [0.717, 1.165) is 10.4 Å². The van der Waals surface area contributed by atoms with E-state index in [1.165, 1.54) is 12.1 Å². The lowest BCUT2D eigenvalue weighted by Gasteiger charge is -2.25. The Morgan fingerprint density at radius 2 is 2.00 bits per heavy atom. The Hall–Kier alpha value is -0.710. The van der Waals surface area contributed by atoms with E-state index in [4.69, 9.17) is 10.2 Å². The van der Waals surface area contributed by atoms with E-state index < -0.39 is 16.0 Å². The normalized spacial score (nSPS) is 12.1. The van der Waals surface area contributed by atoms with Gasteiger partial charge in [-0.05, 0) is 54.6 Å². The van der Waals surface area contributed by atoms with Crippen molar-refractivity contribution in [3.63, 3.8) is 0 Å². The van der Waals surface area contributed by atoms with E-state index in [1.54, 1.807) is 13.8 Å². The van der Waals surface area contributed by atoms with Crippen LogP contribution in [0.4, 0.5) is 0 Å². The SMILES string of the molecule is CC(C)N(CCO)S(=O)(=O)c1ccc(I)c(C(=O)O)c1. The molecule has 1 aromatic carbocycles. The number of rotatable bonds is 6. The maximum atomic E-state index is 12.5. The fourth-order valence-corrected chi connectivity index (χ4v) is 3.94. The van der Waals surface area contributed by atoms with Crippen LogP contribution in [0.25, 0.3) is 0 Å². The molecule has 6 nitrogen and oxygen atoms in total. The van der Waals surface area contributed by atoms with Crippen LogP contribution in [0.1, 0.15) is 24.2 Å². The van der Waals surface area contributed by atoms with Gasteiger partial charge in [-0.25, -0.2) is 13.2 Å². The summed E-state index contributed by atoms with van der Waals surface area (Å²) in [5.74, 6) is -1.18. The number of sulfonamides is 1. The van der Waals surface area contributed by atoms with Crippen LogP contribution in [0.3, 0.4) is 0 Å². The average molecular weight is 413 g/mol. The molecule has 0 aromatic heterocycles. The van der Waals surface area contributed by atoms with Gasteiger partial charge < -0.3 is 10.2 Å². The molecule has 1 aromatic rings. The smallest absolute Gasteiger partial charge is 0.336 e. The van der Waals surface area contributed by atoms with Crippen LogP contribution in [-0.4, -0.2) is 48.1 Å². The van der Waals surface area contributed by atoms with Crippen molar-refractivity contribution in [2.24, 2.45) is 0 Å². The van der Waals surface area contributed by atoms with Crippen LogP contribution in [0.2, 0.25) is 0 Å². The first kappa shape index (κ1) is 17.3. The highest BCUT2D eigenvalue weighted by molar-refractivity contribution is 14.1. The Kier molecular flexibility index (Phi) is 5.92. The zero-order valence-corrected chi connectivity index (χ0v) is 14.1. The van der Waals surface area contributed by atoms with E-state index in [9.17, 15) is 13.2 Å². The summed E-state index contributed by atoms with van der Waals surface area (Å²) in [7, 11) is -3.83. The summed E-state index contributed by atoms with van der Waals surface area (Å²) in [6, 6.07) is 3.64. The molecule has 8 heteroatoms. The van der Waals surface area contributed by atoms with Crippen LogP contribution < -0.4 is 0 Å². The largest absolute Gasteiger partial charge is 0.478 e. The molecule has 0 bridgehead atoms. The molecule has 2 N–H and O–H groups in total. The molecule has 0 aliphatic carbocycles. The second-order valence-electron chi connectivity index (χ2n) is 4.38. The standard InChI is InChI=1S/C12H16INO5S/c1-8(2)14(5-6-15)20(18,19)9-3-4-11(13)10(7-9)12(16)17/h3-4,7-8,15H,5-6H2,1-2H3,(H,16,17). The Bertz CT molecular complexity index is 600. The second-order valence-corrected chi connectivity index (χ2v) is 7.43. The summed E-state index contributed by atoms with van der Waals surface area (Å²) in [4.78, 5) is 11.0. The van der Waals surface area contributed by atoms with Gasteiger partial charge in [-0.1, -0.05) is 0 Å². The fourth-order valence-electron chi connectivity index (χ4n) is 1.72. The molecule has 0 amide bonds. The Morgan fingerprint density at radius 3 is 2.45 bits per heavy atom. The predicted octanol–water partition coefficient (Wildman–Crippen LogP) is 1.38. The van der Waals surface area contributed by atoms with Crippen molar-refractivity contribution < 1.29 is 23.4 Å². The number of carboxylic acids is 1. The van der Waals surface area contributed by atoms with Crippen molar-refractivity contribution in [3.8, 4) is 0 Å². The van der Waals surface area contributed by atoms with Crippen molar-refractivity contribution in [1.82, 2.24) is 4.31 Å². The van der Waals surface area contributed by atoms with Crippen molar-refractivity contribution in [2.75, 3.05) is 13.2 Å². The minimum atomic E-state index is -3.83.